The highest BCUT2D eigenvalue weighted by molar-refractivity contribution is 6.09. The van der Waals surface area contributed by atoms with Crippen LogP contribution < -0.4 is 0 Å². The summed E-state index contributed by atoms with van der Waals surface area (Å²) in [6.45, 7) is 4.46. The average molecular weight is 439 g/mol. The van der Waals surface area contributed by atoms with Crippen molar-refractivity contribution in [2.24, 2.45) is 0 Å². The predicted molar refractivity (Wildman–Crippen MR) is 144 cm³/mol. The first-order valence-electron chi connectivity index (χ1n) is 11.9. The Kier molecular flexibility index (Phi) is 5.04. The summed E-state index contributed by atoms with van der Waals surface area (Å²) in [5.41, 5.74) is 10.4. The summed E-state index contributed by atoms with van der Waals surface area (Å²) in [5.74, 6) is 0.541. The van der Waals surface area contributed by atoms with Crippen LogP contribution in [0.3, 0.4) is 0 Å². The van der Waals surface area contributed by atoms with Crippen molar-refractivity contribution in [3.63, 3.8) is 0 Å². The van der Waals surface area contributed by atoms with E-state index in [0.29, 0.717) is 5.92 Å². The quantitative estimate of drug-likeness (QED) is 0.267. The van der Waals surface area contributed by atoms with Crippen LogP contribution in [0.5, 0.6) is 0 Å². The van der Waals surface area contributed by atoms with Gasteiger partial charge in [-0.3, -0.25) is 0 Å². The summed E-state index contributed by atoms with van der Waals surface area (Å²) in [5, 5.41) is 2.32. The molecular formula is C33H26O. The molecule has 1 aromatic heterocycles. The predicted octanol–water partition coefficient (Wildman–Crippen LogP) is 9.71. The van der Waals surface area contributed by atoms with Crippen LogP contribution in [0.1, 0.15) is 25.3 Å². The molecule has 34 heavy (non-hydrogen) atoms. The molecule has 164 valence electrons. The van der Waals surface area contributed by atoms with Gasteiger partial charge in [-0.15, -0.1) is 0 Å². The summed E-state index contributed by atoms with van der Waals surface area (Å²) in [4.78, 5) is 0. The first kappa shape index (κ1) is 20.5. The third-order valence-corrected chi connectivity index (χ3v) is 6.68. The number of para-hydroxylation sites is 2. The SMILES string of the molecule is CC(C)c1ccc(-c2cccc(-c3cccc(-c4cccc5c4oc4ccccc45)c3)c2)cc1. The summed E-state index contributed by atoms with van der Waals surface area (Å²) < 4.78 is 6.29. The molecule has 0 saturated carbocycles. The molecule has 1 heterocycles. The van der Waals surface area contributed by atoms with E-state index in [2.05, 4.69) is 117 Å². The van der Waals surface area contributed by atoms with E-state index in [-0.39, 0.29) is 0 Å². The smallest absolute Gasteiger partial charge is 0.143 e. The second kappa shape index (κ2) is 8.35. The Morgan fingerprint density at radius 2 is 1.09 bits per heavy atom. The largest absolute Gasteiger partial charge is 0.455 e. The van der Waals surface area contributed by atoms with Crippen LogP contribution in [-0.4, -0.2) is 0 Å². The Hall–Kier alpha value is -4.10. The molecule has 0 spiro atoms. The fourth-order valence-corrected chi connectivity index (χ4v) is 4.78. The first-order chi connectivity index (χ1) is 16.7. The second-order valence-electron chi connectivity index (χ2n) is 9.22. The van der Waals surface area contributed by atoms with E-state index in [1.54, 1.807) is 0 Å². The van der Waals surface area contributed by atoms with Gasteiger partial charge in [0.15, 0.2) is 0 Å². The van der Waals surface area contributed by atoms with Crippen LogP contribution in [0.25, 0.3) is 55.3 Å². The number of rotatable bonds is 4. The Morgan fingerprint density at radius 3 is 1.82 bits per heavy atom. The van der Waals surface area contributed by atoms with Gasteiger partial charge in [0.25, 0.3) is 0 Å². The number of benzene rings is 5. The van der Waals surface area contributed by atoms with Gasteiger partial charge in [0, 0.05) is 16.3 Å². The molecule has 0 unspecified atom stereocenters. The fraction of sp³-hybridized carbons (Fsp3) is 0.0909. The van der Waals surface area contributed by atoms with E-state index >= 15 is 0 Å². The minimum atomic E-state index is 0.541. The van der Waals surface area contributed by atoms with Crippen LogP contribution >= 0.6 is 0 Å². The van der Waals surface area contributed by atoms with Crippen LogP contribution in [0.15, 0.2) is 120 Å². The van der Waals surface area contributed by atoms with Gasteiger partial charge < -0.3 is 4.42 Å². The van der Waals surface area contributed by atoms with E-state index in [0.717, 1.165) is 33.1 Å². The Balaban J connectivity index is 1.41. The lowest BCUT2D eigenvalue weighted by atomic mass is 9.94. The molecule has 5 aromatic carbocycles. The standard InChI is InChI=1S/C33H26O/c1-22(2)23-16-18-24(19-17-23)25-8-5-9-26(20-25)27-10-6-11-28(21-27)29-13-7-14-31-30-12-3-4-15-32(30)34-33(29)31/h3-22H,1-2H3. The van der Waals surface area contributed by atoms with E-state index in [9.17, 15) is 0 Å². The molecule has 0 aliphatic heterocycles. The molecular weight excluding hydrogens is 412 g/mol. The maximum atomic E-state index is 6.29. The zero-order valence-corrected chi connectivity index (χ0v) is 19.5. The van der Waals surface area contributed by atoms with Gasteiger partial charge in [-0.05, 0) is 57.5 Å². The second-order valence-corrected chi connectivity index (χ2v) is 9.22. The Labute approximate surface area is 200 Å². The molecule has 0 saturated heterocycles. The molecule has 1 nitrogen and oxygen atoms in total. The van der Waals surface area contributed by atoms with Gasteiger partial charge in [0.1, 0.15) is 11.2 Å². The molecule has 1 heteroatoms. The van der Waals surface area contributed by atoms with Crippen molar-refractivity contribution in [1.29, 1.82) is 0 Å². The van der Waals surface area contributed by atoms with Gasteiger partial charge in [0.2, 0.25) is 0 Å². The molecule has 6 aromatic rings. The lowest BCUT2D eigenvalue weighted by Crippen LogP contribution is -1.87. The molecule has 0 aliphatic carbocycles. The van der Waals surface area contributed by atoms with E-state index in [4.69, 9.17) is 4.42 Å². The van der Waals surface area contributed by atoms with E-state index < -0.39 is 0 Å². The lowest BCUT2D eigenvalue weighted by molar-refractivity contribution is 0.670. The van der Waals surface area contributed by atoms with E-state index in [1.165, 1.54) is 27.8 Å². The maximum Gasteiger partial charge on any atom is 0.143 e. The van der Waals surface area contributed by atoms with Crippen LogP contribution in [0, 0.1) is 0 Å². The number of furan rings is 1. The van der Waals surface area contributed by atoms with Crippen molar-refractivity contribution >= 4 is 21.9 Å². The van der Waals surface area contributed by atoms with Crippen molar-refractivity contribution in [2.75, 3.05) is 0 Å². The monoisotopic (exact) mass is 438 g/mol. The zero-order valence-electron chi connectivity index (χ0n) is 19.5. The topological polar surface area (TPSA) is 13.1 Å². The molecule has 0 aliphatic rings. The Morgan fingerprint density at radius 1 is 0.500 bits per heavy atom. The van der Waals surface area contributed by atoms with Crippen molar-refractivity contribution in [3.05, 3.63) is 121 Å². The van der Waals surface area contributed by atoms with Crippen molar-refractivity contribution in [3.8, 4) is 33.4 Å². The average Bonchev–Trinajstić information content (AvgIpc) is 3.28. The highest BCUT2D eigenvalue weighted by atomic mass is 16.3. The number of fused-ring (bicyclic) bond motifs is 3. The molecule has 0 N–H and O–H groups in total. The number of hydrogen-bond acceptors (Lipinski definition) is 1. The van der Waals surface area contributed by atoms with Crippen LogP contribution in [-0.2, 0) is 0 Å². The van der Waals surface area contributed by atoms with Gasteiger partial charge in [-0.2, -0.15) is 0 Å². The third-order valence-electron chi connectivity index (χ3n) is 6.68. The van der Waals surface area contributed by atoms with Crippen molar-refractivity contribution in [2.45, 2.75) is 19.8 Å². The van der Waals surface area contributed by atoms with E-state index in [1.807, 2.05) is 12.1 Å². The minimum absolute atomic E-state index is 0.541. The molecule has 0 amide bonds. The van der Waals surface area contributed by atoms with Crippen molar-refractivity contribution < 1.29 is 4.42 Å². The molecule has 6 rings (SSSR count). The van der Waals surface area contributed by atoms with Crippen molar-refractivity contribution in [1.82, 2.24) is 0 Å². The Bertz CT molecular complexity index is 1620. The highest BCUT2D eigenvalue weighted by Crippen LogP contribution is 2.37. The summed E-state index contributed by atoms with van der Waals surface area (Å²) in [6, 6.07) is 41.1. The molecule has 0 bridgehead atoms. The van der Waals surface area contributed by atoms with Gasteiger partial charge in [0.05, 0.1) is 0 Å². The minimum Gasteiger partial charge on any atom is -0.455 e. The maximum absolute atomic E-state index is 6.29. The van der Waals surface area contributed by atoms with Crippen LogP contribution in [0.4, 0.5) is 0 Å². The highest BCUT2D eigenvalue weighted by Gasteiger charge is 2.12. The molecule has 0 atom stereocenters. The number of hydrogen-bond donors (Lipinski definition) is 0. The fourth-order valence-electron chi connectivity index (χ4n) is 4.78. The lowest BCUT2D eigenvalue weighted by Gasteiger charge is -2.10. The third kappa shape index (κ3) is 3.60. The zero-order chi connectivity index (χ0) is 23.1. The van der Waals surface area contributed by atoms with Gasteiger partial charge in [-0.1, -0.05) is 111 Å². The normalized spacial score (nSPS) is 11.5. The van der Waals surface area contributed by atoms with Gasteiger partial charge in [-0.25, -0.2) is 0 Å². The molecule has 0 radical (unpaired) electrons. The van der Waals surface area contributed by atoms with Crippen LogP contribution in [0.2, 0.25) is 0 Å². The summed E-state index contributed by atoms with van der Waals surface area (Å²) >= 11 is 0. The van der Waals surface area contributed by atoms with Gasteiger partial charge >= 0.3 is 0 Å². The summed E-state index contributed by atoms with van der Waals surface area (Å²) in [6.07, 6.45) is 0. The summed E-state index contributed by atoms with van der Waals surface area (Å²) in [7, 11) is 0. The molecule has 0 fully saturated rings. The first-order valence-corrected chi connectivity index (χ1v) is 11.9.